The summed E-state index contributed by atoms with van der Waals surface area (Å²) < 4.78 is 0. The van der Waals surface area contributed by atoms with Gasteiger partial charge in [-0.3, -0.25) is 0 Å². The van der Waals surface area contributed by atoms with Gasteiger partial charge in [0.2, 0.25) is 0 Å². The minimum atomic E-state index is -0.458. The van der Waals surface area contributed by atoms with Crippen LogP contribution < -0.4 is 5.73 Å². The van der Waals surface area contributed by atoms with E-state index >= 15 is 0 Å². The van der Waals surface area contributed by atoms with Crippen LogP contribution in [0.1, 0.15) is 5.69 Å². The molecule has 0 aliphatic heterocycles. The van der Waals surface area contributed by atoms with E-state index in [1.165, 1.54) is 0 Å². The summed E-state index contributed by atoms with van der Waals surface area (Å²) in [6, 6.07) is 0. The van der Waals surface area contributed by atoms with Crippen LogP contribution >= 0.6 is 0 Å². The quantitative estimate of drug-likeness (QED) is 0.519. The Labute approximate surface area is 59.1 Å². The van der Waals surface area contributed by atoms with Gasteiger partial charge in [0.1, 0.15) is 0 Å². The second kappa shape index (κ2) is 3.34. The highest BCUT2D eigenvalue weighted by Crippen LogP contribution is 1.95. The van der Waals surface area contributed by atoms with E-state index in [9.17, 15) is 0 Å². The van der Waals surface area contributed by atoms with E-state index in [2.05, 4.69) is 9.97 Å². The maximum absolute atomic E-state index is 9.06. The van der Waals surface area contributed by atoms with Crippen LogP contribution in [0.2, 0.25) is 0 Å². The molecule has 0 saturated carbocycles. The summed E-state index contributed by atoms with van der Waals surface area (Å²) in [4.78, 5) is 6.68. The number of rotatable bonds is 3. The molecule has 0 spiro atoms. The molecule has 1 rings (SSSR count). The first-order valence-corrected chi connectivity index (χ1v) is 3.18. The van der Waals surface area contributed by atoms with Crippen LogP contribution in [-0.4, -0.2) is 27.7 Å². The van der Waals surface area contributed by atoms with Crippen molar-refractivity contribution >= 4 is 0 Å². The van der Waals surface area contributed by atoms with Gasteiger partial charge in [-0.15, -0.1) is 0 Å². The van der Waals surface area contributed by atoms with Gasteiger partial charge in [0.25, 0.3) is 0 Å². The number of nitrogens with two attached hydrogens (primary N) is 1. The molecular weight excluding hydrogens is 130 g/mol. The summed E-state index contributed by atoms with van der Waals surface area (Å²) in [6.45, 7) is 0.291. The Morgan fingerprint density at radius 1 is 1.80 bits per heavy atom. The Hall–Kier alpha value is -0.870. The number of nitrogens with zero attached hydrogens (tertiary/aromatic N) is 1. The molecule has 1 atom stereocenters. The van der Waals surface area contributed by atoms with Gasteiger partial charge in [-0.1, -0.05) is 0 Å². The molecule has 1 unspecified atom stereocenters. The summed E-state index contributed by atoms with van der Waals surface area (Å²) in [7, 11) is 0. The second-order valence-corrected chi connectivity index (χ2v) is 2.17. The minimum Gasteiger partial charge on any atom is -0.391 e. The Bertz CT molecular complexity index is 173. The zero-order valence-electron chi connectivity index (χ0n) is 5.62. The van der Waals surface area contributed by atoms with E-state index in [-0.39, 0.29) is 0 Å². The van der Waals surface area contributed by atoms with Crippen molar-refractivity contribution < 1.29 is 5.11 Å². The highest BCUT2D eigenvalue weighted by atomic mass is 16.3. The van der Waals surface area contributed by atoms with Gasteiger partial charge < -0.3 is 15.8 Å². The molecule has 0 saturated heterocycles. The molecule has 0 aliphatic carbocycles. The third kappa shape index (κ3) is 1.82. The van der Waals surface area contributed by atoms with Gasteiger partial charge in [0.05, 0.1) is 12.4 Å². The average Bonchev–Trinajstić information content (AvgIpc) is 2.40. The molecule has 1 aromatic rings. The molecule has 0 amide bonds. The van der Waals surface area contributed by atoms with Crippen molar-refractivity contribution in [1.82, 2.24) is 9.97 Å². The number of aliphatic hydroxyl groups excluding tert-OH is 1. The summed E-state index contributed by atoms with van der Waals surface area (Å²) in [5.74, 6) is 0. The van der Waals surface area contributed by atoms with E-state index in [0.717, 1.165) is 5.69 Å². The molecule has 1 aromatic heterocycles. The fraction of sp³-hybridized carbons (Fsp3) is 0.500. The molecule has 0 radical (unpaired) electrons. The summed E-state index contributed by atoms with van der Waals surface area (Å²) in [6.07, 6.45) is 3.36. The first-order chi connectivity index (χ1) is 4.83. The van der Waals surface area contributed by atoms with E-state index in [0.29, 0.717) is 13.0 Å². The molecule has 10 heavy (non-hydrogen) atoms. The lowest BCUT2D eigenvalue weighted by atomic mass is 10.2. The maximum atomic E-state index is 9.06. The summed E-state index contributed by atoms with van der Waals surface area (Å²) in [5, 5.41) is 9.06. The molecule has 4 heteroatoms. The predicted molar refractivity (Wildman–Crippen MR) is 37.4 cm³/mol. The SMILES string of the molecule is NCC(O)Cc1cnc[nH]1. The minimum absolute atomic E-state index is 0.291. The van der Waals surface area contributed by atoms with Gasteiger partial charge in [-0.05, 0) is 0 Å². The number of imidazole rings is 1. The lowest BCUT2D eigenvalue weighted by molar-refractivity contribution is 0.182. The number of hydrogen-bond acceptors (Lipinski definition) is 3. The largest absolute Gasteiger partial charge is 0.391 e. The number of hydrogen-bond donors (Lipinski definition) is 3. The van der Waals surface area contributed by atoms with E-state index < -0.39 is 6.10 Å². The van der Waals surface area contributed by atoms with Crippen LogP contribution in [0.3, 0.4) is 0 Å². The zero-order valence-corrected chi connectivity index (χ0v) is 5.62. The topological polar surface area (TPSA) is 74.9 Å². The van der Waals surface area contributed by atoms with Gasteiger partial charge in [0.15, 0.2) is 0 Å². The third-order valence-corrected chi connectivity index (χ3v) is 1.28. The number of nitrogens with one attached hydrogen (secondary N) is 1. The highest BCUT2D eigenvalue weighted by Gasteiger charge is 2.02. The Morgan fingerprint density at radius 3 is 3.10 bits per heavy atom. The van der Waals surface area contributed by atoms with Crippen LogP contribution in [0.25, 0.3) is 0 Å². The molecule has 0 aromatic carbocycles. The fourth-order valence-electron chi connectivity index (χ4n) is 0.734. The van der Waals surface area contributed by atoms with Crippen LogP contribution in [0.4, 0.5) is 0 Å². The van der Waals surface area contributed by atoms with Gasteiger partial charge in [-0.2, -0.15) is 0 Å². The van der Waals surface area contributed by atoms with Crippen LogP contribution in [0.15, 0.2) is 12.5 Å². The standard InChI is InChI=1S/C6H11N3O/c7-2-6(10)1-5-3-8-4-9-5/h3-4,6,10H,1-2,7H2,(H,8,9). The van der Waals surface area contributed by atoms with Crippen LogP contribution in [-0.2, 0) is 6.42 Å². The van der Waals surface area contributed by atoms with Crippen molar-refractivity contribution in [3.63, 3.8) is 0 Å². The van der Waals surface area contributed by atoms with Crippen molar-refractivity contribution in [2.45, 2.75) is 12.5 Å². The van der Waals surface area contributed by atoms with Crippen molar-refractivity contribution in [2.75, 3.05) is 6.54 Å². The first-order valence-electron chi connectivity index (χ1n) is 3.18. The lowest BCUT2D eigenvalue weighted by Crippen LogP contribution is -2.22. The van der Waals surface area contributed by atoms with Crippen molar-refractivity contribution in [3.05, 3.63) is 18.2 Å². The van der Waals surface area contributed by atoms with Crippen molar-refractivity contribution in [3.8, 4) is 0 Å². The summed E-state index contributed by atoms with van der Waals surface area (Å²) in [5.41, 5.74) is 6.12. The van der Waals surface area contributed by atoms with Crippen molar-refractivity contribution in [2.24, 2.45) is 5.73 Å². The molecule has 56 valence electrons. The number of aromatic amines is 1. The van der Waals surface area contributed by atoms with E-state index in [1.54, 1.807) is 12.5 Å². The maximum Gasteiger partial charge on any atom is 0.0921 e. The number of aliphatic hydroxyl groups is 1. The van der Waals surface area contributed by atoms with E-state index in [1.807, 2.05) is 0 Å². The fourth-order valence-corrected chi connectivity index (χ4v) is 0.734. The monoisotopic (exact) mass is 141 g/mol. The Balaban J connectivity index is 2.40. The number of aromatic nitrogens is 2. The molecule has 0 bridgehead atoms. The summed E-state index contributed by atoms with van der Waals surface area (Å²) >= 11 is 0. The van der Waals surface area contributed by atoms with Gasteiger partial charge in [-0.25, -0.2) is 4.98 Å². The van der Waals surface area contributed by atoms with Gasteiger partial charge >= 0.3 is 0 Å². The smallest absolute Gasteiger partial charge is 0.0921 e. The third-order valence-electron chi connectivity index (χ3n) is 1.28. The highest BCUT2D eigenvalue weighted by molar-refractivity contribution is 4.95. The average molecular weight is 141 g/mol. The van der Waals surface area contributed by atoms with Gasteiger partial charge in [0, 0.05) is 24.9 Å². The molecule has 4 nitrogen and oxygen atoms in total. The molecule has 4 N–H and O–H groups in total. The van der Waals surface area contributed by atoms with Crippen molar-refractivity contribution in [1.29, 1.82) is 0 Å². The van der Waals surface area contributed by atoms with Crippen LogP contribution in [0.5, 0.6) is 0 Å². The van der Waals surface area contributed by atoms with E-state index in [4.69, 9.17) is 10.8 Å². The Morgan fingerprint density at radius 2 is 2.60 bits per heavy atom. The predicted octanol–water partition coefficient (Wildman–Crippen LogP) is -0.728. The molecule has 0 fully saturated rings. The normalized spacial score (nSPS) is 13.4. The molecular formula is C6H11N3O. The number of H-pyrrole nitrogens is 1. The van der Waals surface area contributed by atoms with Crippen LogP contribution in [0, 0.1) is 0 Å². The second-order valence-electron chi connectivity index (χ2n) is 2.17. The lowest BCUT2D eigenvalue weighted by Gasteiger charge is -2.03. The first kappa shape index (κ1) is 7.24. The molecule has 1 heterocycles. The Kier molecular flexibility index (Phi) is 2.42. The molecule has 0 aliphatic rings. The zero-order chi connectivity index (χ0) is 7.40.